The van der Waals surface area contributed by atoms with Crippen molar-refractivity contribution in [2.75, 3.05) is 0 Å². The van der Waals surface area contributed by atoms with Gasteiger partial charge < -0.3 is 9.90 Å². The molecule has 7 heteroatoms. The van der Waals surface area contributed by atoms with Crippen molar-refractivity contribution in [3.63, 3.8) is 0 Å². The number of nitro groups is 1. The van der Waals surface area contributed by atoms with E-state index in [1.165, 1.54) is 11.4 Å². The van der Waals surface area contributed by atoms with Gasteiger partial charge in [0.2, 0.25) is 0 Å². The second-order valence-electron chi connectivity index (χ2n) is 4.23. The first-order chi connectivity index (χ1) is 9.81. The number of aromatic carboxylic acids is 1. The first kappa shape index (κ1) is 16.6. The van der Waals surface area contributed by atoms with Gasteiger partial charge in [0.1, 0.15) is 0 Å². The van der Waals surface area contributed by atoms with E-state index in [-0.39, 0.29) is 16.3 Å². The predicted octanol–water partition coefficient (Wildman–Crippen LogP) is 1.73. The number of carbonyl (C=O) groups excluding carboxylic acids is 1. The maximum Gasteiger partial charge on any atom is 0.270 e. The first-order valence-corrected chi connectivity index (χ1v) is 6.30. The van der Waals surface area contributed by atoms with Gasteiger partial charge in [0.15, 0.2) is 11.4 Å². The Labute approximate surface area is 126 Å². The van der Waals surface area contributed by atoms with Crippen LogP contribution >= 0.6 is 11.6 Å². The number of nitrogens with zero attached hydrogens (tertiary/aromatic N) is 1. The molecule has 0 aliphatic heterocycles. The summed E-state index contributed by atoms with van der Waals surface area (Å²) in [5.74, 6) is -1.46. The topological polar surface area (TPSA) is 97.4 Å². The minimum absolute atomic E-state index is 0.200. The van der Waals surface area contributed by atoms with Crippen molar-refractivity contribution in [3.05, 3.63) is 68.5 Å². The van der Waals surface area contributed by atoms with Gasteiger partial charge >= 0.3 is 0 Å². The SMILES string of the molecule is Cc1cccc(C)[nH+]1.O=C([O-])c1ccc([N+](=O)[O-])cc1Cl. The summed E-state index contributed by atoms with van der Waals surface area (Å²) in [6.07, 6.45) is 0. The van der Waals surface area contributed by atoms with E-state index in [2.05, 4.69) is 4.98 Å². The number of H-pyrrole nitrogens is 1. The van der Waals surface area contributed by atoms with E-state index in [1.54, 1.807) is 0 Å². The number of carbonyl (C=O) groups is 1. The van der Waals surface area contributed by atoms with Crippen molar-refractivity contribution in [1.82, 2.24) is 0 Å². The number of pyridine rings is 1. The summed E-state index contributed by atoms with van der Waals surface area (Å²) in [5.41, 5.74) is 1.91. The van der Waals surface area contributed by atoms with Crippen LogP contribution in [-0.4, -0.2) is 10.9 Å². The van der Waals surface area contributed by atoms with Crippen LogP contribution in [0.3, 0.4) is 0 Å². The molecule has 2 aromatic rings. The summed E-state index contributed by atoms with van der Waals surface area (Å²) < 4.78 is 0. The molecule has 0 amide bonds. The Morgan fingerprint density at radius 3 is 2.10 bits per heavy atom. The number of aromatic nitrogens is 1. The Hall–Kier alpha value is -2.47. The van der Waals surface area contributed by atoms with Crippen molar-refractivity contribution < 1.29 is 19.8 Å². The molecule has 1 aromatic carbocycles. The van der Waals surface area contributed by atoms with Gasteiger partial charge in [-0.1, -0.05) is 11.6 Å². The fourth-order valence-electron chi connectivity index (χ4n) is 1.51. The van der Waals surface area contributed by atoms with Gasteiger partial charge in [-0.05, 0) is 12.1 Å². The van der Waals surface area contributed by atoms with Crippen LogP contribution < -0.4 is 10.1 Å². The van der Waals surface area contributed by atoms with Crippen LogP contribution in [0, 0.1) is 24.0 Å². The number of halogens is 1. The Morgan fingerprint density at radius 2 is 1.76 bits per heavy atom. The molecule has 1 aromatic heterocycles. The highest BCUT2D eigenvalue weighted by Crippen LogP contribution is 2.21. The molecule has 0 saturated heterocycles. The lowest BCUT2D eigenvalue weighted by atomic mass is 10.2. The highest BCUT2D eigenvalue weighted by atomic mass is 35.5. The van der Waals surface area contributed by atoms with Gasteiger partial charge in [-0.25, -0.2) is 4.98 Å². The highest BCUT2D eigenvalue weighted by Gasteiger charge is 2.09. The number of benzene rings is 1. The van der Waals surface area contributed by atoms with Crippen molar-refractivity contribution in [3.8, 4) is 0 Å². The van der Waals surface area contributed by atoms with E-state index in [0.29, 0.717) is 0 Å². The molecule has 0 aliphatic carbocycles. The summed E-state index contributed by atoms with van der Waals surface area (Å²) in [5, 5.41) is 20.4. The number of non-ortho nitro benzene ring substituents is 1. The van der Waals surface area contributed by atoms with Crippen LogP contribution in [0.4, 0.5) is 5.69 Å². The molecule has 2 rings (SSSR count). The van der Waals surface area contributed by atoms with Crippen LogP contribution in [0.25, 0.3) is 0 Å². The number of carboxylic acid groups (broad SMARTS) is 1. The van der Waals surface area contributed by atoms with Gasteiger partial charge in [-0.3, -0.25) is 10.1 Å². The van der Waals surface area contributed by atoms with Gasteiger partial charge in [0.25, 0.3) is 5.69 Å². The Morgan fingerprint density at radius 1 is 1.19 bits per heavy atom. The maximum absolute atomic E-state index is 10.3. The molecule has 21 heavy (non-hydrogen) atoms. The number of nitrogens with one attached hydrogen (secondary N) is 1. The lowest BCUT2D eigenvalue weighted by Crippen LogP contribution is -2.22. The Kier molecular flexibility index (Phi) is 5.80. The molecule has 1 heterocycles. The molecule has 0 unspecified atom stereocenters. The number of nitro benzene ring substituents is 1. The highest BCUT2D eigenvalue weighted by molar-refractivity contribution is 6.33. The third-order valence-electron chi connectivity index (χ3n) is 2.47. The summed E-state index contributed by atoms with van der Waals surface area (Å²) in [7, 11) is 0. The summed E-state index contributed by atoms with van der Waals surface area (Å²) in [4.78, 5) is 23.1. The fraction of sp³-hybridized carbons (Fsp3) is 0.143. The third kappa shape index (κ3) is 5.19. The molecule has 1 N–H and O–H groups in total. The van der Waals surface area contributed by atoms with E-state index >= 15 is 0 Å². The number of aromatic amines is 1. The van der Waals surface area contributed by atoms with Crippen LogP contribution in [0.15, 0.2) is 36.4 Å². The summed E-state index contributed by atoms with van der Waals surface area (Å²) >= 11 is 5.44. The van der Waals surface area contributed by atoms with Gasteiger partial charge in [0, 0.05) is 43.7 Å². The summed E-state index contributed by atoms with van der Waals surface area (Å²) in [6.45, 7) is 4.10. The number of hydrogen-bond donors (Lipinski definition) is 0. The van der Waals surface area contributed by atoms with Crippen LogP contribution in [0.1, 0.15) is 21.7 Å². The summed E-state index contributed by atoms with van der Waals surface area (Å²) in [6, 6.07) is 9.20. The molecule has 0 radical (unpaired) electrons. The van der Waals surface area contributed by atoms with E-state index < -0.39 is 10.9 Å². The minimum Gasteiger partial charge on any atom is -0.545 e. The van der Waals surface area contributed by atoms with E-state index in [1.807, 2.05) is 32.0 Å². The van der Waals surface area contributed by atoms with E-state index in [0.717, 1.165) is 18.2 Å². The van der Waals surface area contributed by atoms with Crippen molar-refractivity contribution in [1.29, 1.82) is 0 Å². The van der Waals surface area contributed by atoms with E-state index in [9.17, 15) is 20.0 Å². The molecule has 0 atom stereocenters. The van der Waals surface area contributed by atoms with Gasteiger partial charge in [-0.15, -0.1) is 0 Å². The number of aryl methyl sites for hydroxylation is 2. The molecule has 0 spiro atoms. The monoisotopic (exact) mass is 308 g/mol. The smallest absolute Gasteiger partial charge is 0.270 e. The molecule has 0 saturated carbocycles. The van der Waals surface area contributed by atoms with Crippen LogP contribution in [-0.2, 0) is 0 Å². The molecule has 0 fully saturated rings. The Bertz CT molecular complexity index is 657. The van der Waals surface area contributed by atoms with Gasteiger partial charge in [-0.2, -0.15) is 0 Å². The average molecular weight is 309 g/mol. The normalized spacial score (nSPS) is 9.48. The minimum atomic E-state index is -1.46. The zero-order valence-corrected chi connectivity index (χ0v) is 12.2. The van der Waals surface area contributed by atoms with Crippen LogP contribution in [0.5, 0.6) is 0 Å². The molecular formula is C14H13ClN2O4. The Balaban J connectivity index is 0.000000235. The van der Waals surface area contributed by atoms with Gasteiger partial charge in [0.05, 0.1) is 15.9 Å². The molecule has 0 bridgehead atoms. The largest absolute Gasteiger partial charge is 0.545 e. The zero-order chi connectivity index (χ0) is 16.0. The second-order valence-corrected chi connectivity index (χ2v) is 4.63. The number of carboxylic acids is 1. The molecule has 6 nitrogen and oxygen atoms in total. The third-order valence-corrected chi connectivity index (χ3v) is 2.78. The lowest BCUT2D eigenvalue weighted by molar-refractivity contribution is -0.396. The average Bonchev–Trinajstić information content (AvgIpc) is 2.38. The number of hydrogen-bond acceptors (Lipinski definition) is 4. The number of rotatable bonds is 2. The lowest BCUT2D eigenvalue weighted by Gasteiger charge is -2.03. The van der Waals surface area contributed by atoms with Crippen molar-refractivity contribution in [2.24, 2.45) is 0 Å². The standard InChI is InChI=1S/C7H4ClNO4.C7H9N/c8-6-3-4(9(12)13)1-2-5(6)7(10)11;1-6-4-3-5-7(2)8-6/h1-3H,(H,10,11);3-5H,1-2H3. The molecular weight excluding hydrogens is 296 g/mol. The predicted molar refractivity (Wildman–Crippen MR) is 74.9 cm³/mol. The van der Waals surface area contributed by atoms with E-state index in [4.69, 9.17) is 11.6 Å². The maximum atomic E-state index is 10.3. The van der Waals surface area contributed by atoms with Crippen molar-refractivity contribution >= 4 is 23.3 Å². The van der Waals surface area contributed by atoms with Crippen molar-refractivity contribution in [2.45, 2.75) is 13.8 Å². The van der Waals surface area contributed by atoms with Crippen LogP contribution in [0.2, 0.25) is 5.02 Å². The molecule has 0 aliphatic rings. The zero-order valence-electron chi connectivity index (χ0n) is 11.4. The quantitative estimate of drug-likeness (QED) is 0.623. The fourth-order valence-corrected chi connectivity index (χ4v) is 1.77. The first-order valence-electron chi connectivity index (χ1n) is 5.92. The second kappa shape index (κ2) is 7.35. The molecule has 110 valence electrons.